The zero-order valence-electron chi connectivity index (χ0n) is 24.8. The van der Waals surface area contributed by atoms with Gasteiger partial charge in [0.05, 0.1) is 29.8 Å². The van der Waals surface area contributed by atoms with Crippen molar-refractivity contribution in [2.45, 2.75) is 59.2 Å². The van der Waals surface area contributed by atoms with Crippen molar-refractivity contribution in [2.24, 2.45) is 5.14 Å². The fraction of sp³-hybridized carbons (Fsp3) is 0.355. The molecular weight excluding hydrogens is 621 g/mol. The first-order valence-electron chi connectivity index (χ1n) is 14.0. The summed E-state index contributed by atoms with van der Waals surface area (Å²) in [7, 11) is -3.92. The van der Waals surface area contributed by atoms with E-state index in [9.17, 15) is 23.1 Å². The number of aliphatic hydroxyl groups excluding tert-OH is 2. The minimum absolute atomic E-state index is 0.0348. The Morgan fingerprint density at radius 2 is 1.86 bits per heavy atom. The fourth-order valence-electron chi connectivity index (χ4n) is 4.87. The molecule has 1 heterocycles. The molecule has 0 spiro atoms. The number of β-amino-alcohol motifs (C(OH)–C–C–N with tert-alkyl or cyclic N) is 1. The summed E-state index contributed by atoms with van der Waals surface area (Å²) in [6.07, 6.45) is 1.11. The molecule has 0 saturated carbocycles. The van der Waals surface area contributed by atoms with Crippen LogP contribution in [0.1, 0.15) is 25.8 Å². The molecule has 0 aliphatic carbocycles. The minimum atomic E-state index is -3.92. The van der Waals surface area contributed by atoms with Crippen LogP contribution in [0, 0.1) is 0 Å². The van der Waals surface area contributed by atoms with E-state index in [-0.39, 0.29) is 42.8 Å². The molecule has 2 amide bonds. The van der Waals surface area contributed by atoms with Gasteiger partial charge in [0.15, 0.2) is 0 Å². The number of nitrogens with zero attached hydrogens (tertiary/aromatic N) is 1. The van der Waals surface area contributed by atoms with Gasteiger partial charge in [-0.2, -0.15) is 0 Å². The number of sulfonamides is 1. The second-order valence-corrected chi connectivity index (χ2v) is 14.7. The topological polar surface area (TPSA) is 162 Å². The van der Waals surface area contributed by atoms with Crippen molar-refractivity contribution in [3.8, 4) is 11.1 Å². The number of carbonyl (C=O) groups excluding carboxylic acids is 2. The van der Waals surface area contributed by atoms with Gasteiger partial charge >= 0.3 is 0 Å². The Morgan fingerprint density at radius 1 is 1.16 bits per heavy atom. The Hall–Kier alpha value is -2.91. The number of hydrogen-bond acceptors (Lipinski definition) is 9. The second-order valence-electron chi connectivity index (χ2n) is 11.2. The quantitative estimate of drug-likeness (QED) is 0.184. The molecule has 2 atom stereocenters. The number of thioether (sulfide) groups is 2. The molecule has 3 aromatic carbocycles. The van der Waals surface area contributed by atoms with Crippen molar-refractivity contribution in [2.75, 3.05) is 30.1 Å². The molecule has 1 aliphatic heterocycles. The molecule has 44 heavy (non-hydrogen) atoms. The molecule has 0 fully saturated rings. The monoisotopic (exact) mass is 658 g/mol. The Balaban J connectivity index is 1.57. The van der Waals surface area contributed by atoms with E-state index in [4.69, 9.17) is 10.2 Å². The van der Waals surface area contributed by atoms with Gasteiger partial charge < -0.3 is 25.7 Å². The van der Waals surface area contributed by atoms with Crippen LogP contribution in [0.3, 0.4) is 0 Å². The van der Waals surface area contributed by atoms with Crippen molar-refractivity contribution in [3.05, 3.63) is 72.3 Å². The van der Waals surface area contributed by atoms with Crippen molar-refractivity contribution >= 4 is 51.0 Å². The number of nitrogens with one attached hydrogen (secondary N) is 2. The minimum Gasteiger partial charge on any atom is -0.394 e. The van der Waals surface area contributed by atoms with Gasteiger partial charge in [-0.15, -0.1) is 23.5 Å². The van der Waals surface area contributed by atoms with Crippen LogP contribution in [0.15, 0.2) is 81.4 Å². The second kappa shape index (κ2) is 14.5. The SMILES string of the molecule is CSc1ccc2c(c1)SC[C@@H](NC(=O)CC(C)(C)NC[C@H](O)CO)C(=O)N2Cc1ccc(-c2ccccc2S(N)(=O)=O)cc1. The van der Waals surface area contributed by atoms with Crippen molar-refractivity contribution in [1.29, 1.82) is 0 Å². The number of rotatable bonds is 12. The number of anilines is 1. The average Bonchev–Trinajstić information content (AvgIpc) is 3.11. The number of aliphatic hydroxyl groups is 2. The molecule has 0 bridgehead atoms. The highest BCUT2D eigenvalue weighted by Crippen LogP contribution is 2.38. The average molecular weight is 659 g/mol. The molecule has 10 nitrogen and oxygen atoms in total. The molecule has 4 rings (SSSR count). The molecular formula is C31H38N4O6S3. The van der Waals surface area contributed by atoms with Crippen LogP contribution in [-0.2, 0) is 26.2 Å². The van der Waals surface area contributed by atoms with Gasteiger partial charge in [-0.05, 0) is 55.5 Å². The first-order chi connectivity index (χ1) is 20.8. The van der Waals surface area contributed by atoms with Gasteiger partial charge in [-0.25, -0.2) is 13.6 Å². The van der Waals surface area contributed by atoms with Crippen molar-refractivity contribution < 1.29 is 28.2 Å². The van der Waals surface area contributed by atoms with Crippen molar-refractivity contribution in [3.63, 3.8) is 0 Å². The van der Waals surface area contributed by atoms with Gasteiger partial charge in [-0.3, -0.25) is 9.59 Å². The molecule has 0 aromatic heterocycles. The van der Waals surface area contributed by atoms with Gasteiger partial charge in [-0.1, -0.05) is 42.5 Å². The number of primary sulfonamides is 1. The summed E-state index contributed by atoms with van der Waals surface area (Å²) < 4.78 is 24.2. The standard InChI is InChI=1S/C31H38N4O6S3/c1-31(2,33-16-22(37)18-36)15-29(38)34-25-19-43-27-14-23(42-3)12-13-26(27)35(30(25)39)17-20-8-10-21(11-9-20)24-6-4-5-7-28(24)44(32,40)41/h4-14,22,25,33,36-37H,15-19H2,1-3H3,(H,34,38)(H2,32,40,41)/t22-,25+/m0/s1. The lowest BCUT2D eigenvalue weighted by atomic mass is 9.99. The predicted molar refractivity (Wildman–Crippen MR) is 175 cm³/mol. The number of fused-ring (bicyclic) bond motifs is 1. The van der Waals surface area contributed by atoms with Gasteiger partial charge in [0.1, 0.15) is 6.04 Å². The lowest BCUT2D eigenvalue weighted by Gasteiger charge is -2.29. The maximum Gasteiger partial charge on any atom is 0.250 e. The van der Waals surface area contributed by atoms with Gasteiger partial charge in [0.2, 0.25) is 15.9 Å². The highest BCUT2D eigenvalue weighted by atomic mass is 32.2. The molecule has 13 heteroatoms. The van der Waals surface area contributed by atoms with Crippen LogP contribution in [0.4, 0.5) is 5.69 Å². The van der Waals surface area contributed by atoms with Crippen LogP contribution >= 0.6 is 23.5 Å². The van der Waals surface area contributed by atoms with E-state index in [1.54, 1.807) is 47.0 Å². The number of amides is 2. The van der Waals surface area contributed by atoms with Crippen molar-refractivity contribution in [1.82, 2.24) is 10.6 Å². The zero-order valence-corrected chi connectivity index (χ0v) is 27.3. The van der Waals surface area contributed by atoms with Gasteiger partial charge in [0, 0.05) is 39.6 Å². The summed E-state index contributed by atoms with van der Waals surface area (Å²) in [4.78, 5) is 30.8. The van der Waals surface area contributed by atoms with Crippen LogP contribution in [0.2, 0.25) is 0 Å². The van der Waals surface area contributed by atoms with Crippen LogP contribution < -0.4 is 20.7 Å². The Morgan fingerprint density at radius 3 is 2.52 bits per heavy atom. The highest BCUT2D eigenvalue weighted by Gasteiger charge is 2.33. The molecule has 0 saturated heterocycles. The summed E-state index contributed by atoms with van der Waals surface area (Å²) in [5, 5.41) is 30.2. The molecule has 0 radical (unpaired) electrons. The lowest BCUT2D eigenvalue weighted by molar-refractivity contribution is -0.128. The summed E-state index contributed by atoms with van der Waals surface area (Å²) in [5.41, 5.74) is 2.05. The third-order valence-corrected chi connectivity index (χ3v) is 10.0. The third kappa shape index (κ3) is 8.62. The van der Waals surface area contributed by atoms with Crippen LogP contribution in [0.5, 0.6) is 0 Å². The fourth-order valence-corrected chi connectivity index (χ4v) is 7.25. The Kier molecular flexibility index (Phi) is 11.2. The smallest absolute Gasteiger partial charge is 0.250 e. The Labute approximate surface area is 266 Å². The zero-order chi connectivity index (χ0) is 32.1. The predicted octanol–water partition coefficient (Wildman–Crippen LogP) is 2.96. The first-order valence-corrected chi connectivity index (χ1v) is 17.7. The number of carbonyl (C=O) groups is 2. The number of hydrogen-bond donors (Lipinski definition) is 5. The summed E-state index contributed by atoms with van der Waals surface area (Å²) in [6.45, 7) is 3.61. The molecule has 6 N–H and O–H groups in total. The van der Waals surface area contributed by atoms with Crippen LogP contribution in [0.25, 0.3) is 11.1 Å². The largest absolute Gasteiger partial charge is 0.394 e. The molecule has 1 aliphatic rings. The van der Waals surface area contributed by atoms with E-state index in [1.165, 1.54) is 17.8 Å². The maximum atomic E-state index is 14.0. The molecule has 3 aromatic rings. The maximum absolute atomic E-state index is 14.0. The summed E-state index contributed by atoms with van der Waals surface area (Å²) >= 11 is 3.11. The summed E-state index contributed by atoms with van der Waals surface area (Å²) in [6, 6.07) is 19.0. The number of benzene rings is 3. The highest BCUT2D eigenvalue weighted by molar-refractivity contribution is 8.00. The van der Waals surface area contributed by atoms with Crippen LogP contribution in [-0.4, -0.2) is 73.3 Å². The van der Waals surface area contributed by atoms with E-state index >= 15 is 0 Å². The van der Waals surface area contributed by atoms with Gasteiger partial charge in [0.25, 0.3) is 5.91 Å². The normalized spacial score (nSPS) is 16.3. The third-order valence-electron chi connectivity index (χ3n) is 7.19. The van der Waals surface area contributed by atoms with E-state index in [0.29, 0.717) is 16.9 Å². The summed E-state index contributed by atoms with van der Waals surface area (Å²) in [5.74, 6) is -0.202. The molecule has 0 unspecified atom stereocenters. The van der Waals surface area contributed by atoms with E-state index < -0.39 is 27.7 Å². The van der Waals surface area contributed by atoms with E-state index in [2.05, 4.69) is 10.6 Å². The lowest BCUT2D eigenvalue weighted by Crippen LogP contribution is -2.52. The van der Waals surface area contributed by atoms with E-state index in [1.807, 2.05) is 50.4 Å². The first kappa shape index (κ1) is 34.0. The van der Waals surface area contributed by atoms with E-state index in [0.717, 1.165) is 21.0 Å². The number of nitrogens with two attached hydrogens (primary N) is 1. The molecule has 236 valence electrons. The Bertz CT molecular complexity index is 1600.